The number of nitrogens with one attached hydrogen (secondary N) is 2. The molecule has 12 nitrogen and oxygen atoms in total. The summed E-state index contributed by atoms with van der Waals surface area (Å²) in [5.41, 5.74) is 11.1. The first-order valence-electron chi connectivity index (χ1n) is 23.8. The summed E-state index contributed by atoms with van der Waals surface area (Å²) in [6.07, 6.45) is 50.0. The highest BCUT2D eigenvalue weighted by Crippen LogP contribution is 2.18. The number of rotatable bonds is 36. The van der Waals surface area contributed by atoms with Crippen LogP contribution >= 0.6 is 0 Å². The molecule has 0 saturated heterocycles. The van der Waals surface area contributed by atoms with Gasteiger partial charge in [-0.25, -0.2) is 9.98 Å². The molecule has 0 fully saturated rings. The Bertz CT molecular complexity index is 1120. The summed E-state index contributed by atoms with van der Waals surface area (Å²) < 4.78 is 31.6. The lowest BCUT2D eigenvalue weighted by atomic mass is 10.1. The average Bonchev–Trinajstić information content (AvgIpc) is 3.75. The molecule has 2 unspecified atom stereocenters. The maximum absolute atomic E-state index is 9.02. The molecule has 0 aromatic heterocycles. The molecule has 2 atom stereocenters. The van der Waals surface area contributed by atoms with Gasteiger partial charge in [-0.3, -0.25) is 9.11 Å². The van der Waals surface area contributed by atoms with Crippen molar-refractivity contribution in [3.05, 3.63) is 24.3 Å². The molecule has 10 N–H and O–H groups in total. The second kappa shape index (κ2) is 39.0. The minimum absolute atomic E-state index is 0.100. The standard InChI is InChI=1S/2C23H45N3O.H2O4S/c2*1-2-3-4-5-6-7-8-9-10-11-12-13-14-15-16-17-18-22-25-21-23(24,26-22)19-20-27;1-5(2,3)4/h2*9-10,27H,2-8,11-21,24H2,1H3,(H,25,26);(H2,1,2,3,4)/b2*10-9-;. The van der Waals surface area contributed by atoms with Crippen molar-refractivity contribution in [1.29, 1.82) is 0 Å². The number of hydrogen-bond donors (Lipinski definition) is 8. The van der Waals surface area contributed by atoms with E-state index in [2.05, 4.69) is 58.8 Å². The molecule has 59 heavy (non-hydrogen) atoms. The fourth-order valence-electron chi connectivity index (χ4n) is 7.25. The third-order valence-electron chi connectivity index (χ3n) is 10.9. The van der Waals surface area contributed by atoms with Gasteiger partial charge >= 0.3 is 10.4 Å². The summed E-state index contributed by atoms with van der Waals surface area (Å²) in [5, 5.41) is 24.6. The molecule has 0 spiro atoms. The first-order chi connectivity index (χ1) is 28.4. The van der Waals surface area contributed by atoms with Gasteiger partial charge in [-0.15, -0.1) is 0 Å². The van der Waals surface area contributed by atoms with Gasteiger partial charge in [-0.1, -0.05) is 154 Å². The molecule has 0 radical (unpaired) electrons. The van der Waals surface area contributed by atoms with E-state index in [9.17, 15) is 0 Å². The van der Waals surface area contributed by atoms with Gasteiger partial charge in [0.1, 0.15) is 11.3 Å². The zero-order valence-electron chi connectivity index (χ0n) is 37.8. The van der Waals surface area contributed by atoms with Crippen molar-refractivity contribution in [3.63, 3.8) is 0 Å². The Kier molecular flexibility index (Phi) is 37.8. The van der Waals surface area contributed by atoms with Crippen LogP contribution in [0.5, 0.6) is 0 Å². The van der Waals surface area contributed by atoms with Gasteiger partial charge < -0.3 is 32.3 Å². The van der Waals surface area contributed by atoms with Gasteiger partial charge in [0.2, 0.25) is 0 Å². The molecule has 0 aromatic rings. The number of aliphatic hydroxyl groups is 2. The molecule has 2 rings (SSSR count). The van der Waals surface area contributed by atoms with E-state index in [0.717, 1.165) is 24.5 Å². The highest BCUT2D eigenvalue weighted by atomic mass is 32.3. The van der Waals surface area contributed by atoms with Crippen molar-refractivity contribution >= 4 is 22.1 Å². The minimum Gasteiger partial charge on any atom is -0.396 e. The smallest absolute Gasteiger partial charge is 0.394 e. The summed E-state index contributed by atoms with van der Waals surface area (Å²) in [6.45, 7) is 6.08. The van der Waals surface area contributed by atoms with Crippen LogP contribution in [0, 0.1) is 0 Å². The highest BCUT2D eigenvalue weighted by Gasteiger charge is 2.30. The Hall–Kier alpha value is -1.87. The Morgan fingerprint density at radius 3 is 1.03 bits per heavy atom. The summed E-state index contributed by atoms with van der Waals surface area (Å²) in [7, 11) is -4.67. The largest absolute Gasteiger partial charge is 0.396 e. The van der Waals surface area contributed by atoms with E-state index >= 15 is 0 Å². The summed E-state index contributed by atoms with van der Waals surface area (Å²) in [6, 6.07) is 0. The molecule has 0 saturated carbocycles. The maximum atomic E-state index is 9.02. The zero-order valence-corrected chi connectivity index (χ0v) is 38.6. The fourth-order valence-corrected chi connectivity index (χ4v) is 7.25. The van der Waals surface area contributed by atoms with Crippen molar-refractivity contribution in [3.8, 4) is 0 Å². The molecule has 0 bridgehead atoms. The van der Waals surface area contributed by atoms with Crippen LogP contribution in [0.25, 0.3) is 0 Å². The Morgan fingerprint density at radius 2 is 0.763 bits per heavy atom. The van der Waals surface area contributed by atoms with E-state index < -0.39 is 21.7 Å². The number of aliphatic hydroxyl groups excluding tert-OH is 2. The van der Waals surface area contributed by atoms with Gasteiger partial charge in [-0.05, 0) is 64.2 Å². The van der Waals surface area contributed by atoms with E-state index in [1.807, 2.05) is 0 Å². The van der Waals surface area contributed by atoms with Crippen LogP contribution in [0.2, 0.25) is 0 Å². The van der Waals surface area contributed by atoms with Gasteiger partial charge in [0, 0.05) is 38.9 Å². The van der Waals surface area contributed by atoms with Crippen molar-refractivity contribution in [2.75, 3.05) is 26.3 Å². The number of hydrogen-bond acceptors (Lipinski definition) is 10. The lowest BCUT2D eigenvalue weighted by Crippen LogP contribution is -2.42. The third kappa shape index (κ3) is 40.0. The van der Waals surface area contributed by atoms with E-state index in [4.69, 9.17) is 39.2 Å². The number of aliphatic imine (C=N–C) groups is 2. The summed E-state index contributed by atoms with van der Waals surface area (Å²) in [5.74, 6) is 2.06. The van der Waals surface area contributed by atoms with E-state index in [-0.39, 0.29) is 13.2 Å². The van der Waals surface area contributed by atoms with Crippen molar-refractivity contribution in [2.45, 2.75) is 231 Å². The van der Waals surface area contributed by atoms with Gasteiger partial charge in [-0.2, -0.15) is 8.42 Å². The second-order valence-electron chi connectivity index (χ2n) is 16.8. The summed E-state index contributed by atoms with van der Waals surface area (Å²) >= 11 is 0. The second-order valence-corrected chi connectivity index (χ2v) is 17.7. The number of nitrogens with two attached hydrogens (primary N) is 2. The zero-order chi connectivity index (χ0) is 43.8. The molecule has 348 valence electrons. The Balaban J connectivity index is 0.00000102. The number of unbranched alkanes of at least 4 members (excludes halogenated alkanes) is 24. The van der Waals surface area contributed by atoms with Crippen LogP contribution < -0.4 is 22.1 Å². The van der Waals surface area contributed by atoms with Crippen LogP contribution in [-0.2, 0) is 10.4 Å². The topological polar surface area (TPSA) is 216 Å². The van der Waals surface area contributed by atoms with Gasteiger partial charge in [0.25, 0.3) is 0 Å². The SMILES string of the molecule is CCCCCCCC/C=C\CCCCCCCCC1=NC(N)(CCO)CN1.CCCCCCCC/C=C\CCCCCCCCC1=NC(N)(CCO)CN1.O=S(=O)(O)O. The fraction of sp³-hybridized carbons (Fsp3) is 0.870. The van der Waals surface area contributed by atoms with Crippen LogP contribution in [-0.4, -0.2) is 77.0 Å². The molecule has 0 aromatic carbocycles. The van der Waals surface area contributed by atoms with Gasteiger partial charge in [0.15, 0.2) is 0 Å². The average molecular weight is 857 g/mol. The maximum Gasteiger partial charge on any atom is 0.394 e. The lowest BCUT2D eigenvalue weighted by Gasteiger charge is -2.17. The van der Waals surface area contributed by atoms with Crippen molar-refractivity contribution in [2.24, 2.45) is 21.5 Å². The molecule has 2 aliphatic heterocycles. The molecular formula is C46H92N6O6S. The van der Waals surface area contributed by atoms with E-state index in [0.29, 0.717) is 25.9 Å². The van der Waals surface area contributed by atoms with E-state index in [1.54, 1.807) is 0 Å². The minimum atomic E-state index is -4.67. The Morgan fingerprint density at radius 1 is 0.508 bits per heavy atom. The third-order valence-corrected chi connectivity index (χ3v) is 10.9. The normalized spacial score (nSPS) is 18.9. The molecule has 2 aliphatic rings. The summed E-state index contributed by atoms with van der Waals surface area (Å²) in [4.78, 5) is 9.07. The predicted molar refractivity (Wildman–Crippen MR) is 250 cm³/mol. The van der Waals surface area contributed by atoms with Crippen molar-refractivity contribution < 1.29 is 27.7 Å². The molecular weight excluding hydrogens is 765 g/mol. The molecule has 2 heterocycles. The molecule has 13 heteroatoms. The van der Waals surface area contributed by atoms with Crippen LogP contribution in [0.15, 0.2) is 34.3 Å². The number of allylic oxidation sites excluding steroid dienone is 4. The quantitative estimate of drug-likeness (QED) is 0.0169. The predicted octanol–water partition coefficient (Wildman–Crippen LogP) is 10.3. The van der Waals surface area contributed by atoms with Crippen LogP contribution in [0.4, 0.5) is 0 Å². The van der Waals surface area contributed by atoms with Crippen molar-refractivity contribution in [1.82, 2.24) is 10.6 Å². The van der Waals surface area contributed by atoms with Gasteiger partial charge in [0.05, 0.1) is 24.8 Å². The lowest BCUT2D eigenvalue weighted by molar-refractivity contribution is 0.246. The number of nitrogens with zero attached hydrogens (tertiary/aromatic N) is 2. The van der Waals surface area contributed by atoms with Crippen LogP contribution in [0.1, 0.15) is 219 Å². The molecule has 0 aliphatic carbocycles. The van der Waals surface area contributed by atoms with E-state index in [1.165, 1.54) is 180 Å². The van der Waals surface area contributed by atoms with Crippen LogP contribution in [0.3, 0.4) is 0 Å². The first kappa shape index (κ1) is 57.1. The highest BCUT2D eigenvalue weighted by molar-refractivity contribution is 7.79. The monoisotopic (exact) mass is 857 g/mol. The Labute approximate surface area is 362 Å². The number of amidine groups is 2. The first-order valence-corrected chi connectivity index (χ1v) is 25.2. The molecule has 0 amide bonds.